The lowest BCUT2D eigenvalue weighted by atomic mass is 9.99. The second-order valence-electron chi connectivity index (χ2n) is 16.3. The monoisotopic (exact) mass is 724 g/mol. The molecular weight excluding hydrogens is 631 g/mol. The molecule has 0 rings (SSSR count). The van der Waals surface area contributed by atoms with Crippen molar-refractivity contribution >= 4 is 5.91 Å². The molecule has 51 heavy (non-hydrogen) atoms. The number of carbonyl (C=O) groups is 1. The van der Waals surface area contributed by atoms with Crippen molar-refractivity contribution in [3.8, 4) is 0 Å². The predicted octanol–water partition coefficient (Wildman–Crippen LogP) is 13.4. The Morgan fingerprint density at radius 2 is 0.667 bits per heavy atom. The van der Waals surface area contributed by atoms with Crippen molar-refractivity contribution in [1.29, 1.82) is 0 Å². The minimum absolute atomic E-state index is 0.139. The highest BCUT2D eigenvalue weighted by Crippen LogP contribution is 2.17. The maximum atomic E-state index is 12.4. The minimum Gasteiger partial charge on any atom is -0.394 e. The number of aliphatic hydroxyl groups excluding tert-OH is 3. The fourth-order valence-corrected chi connectivity index (χ4v) is 7.58. The number of carbonyl (C=O) groups excluding carboxylic acids is 1. The smallest absolute Gasteiger partial charge is 0.220 e. The van der Waals surface area contributed by atoms with Gasteiger partial charge in [0.05, 0.1) is 18.8 Å². The molecule has 0 spiro atoms. The second kappa shape index (κ2) is 42.1. The van der Waals surface area contributed by atoms with Gasteiger partial charge in [0, 0.05) is 6.42 Å². The van der Waals surface area contributed by atoms with Gasteiger partial charge in [-0.05, 0) is 12.8 Å². The Morgan fingerprint density at radius 1 is 0.412 bits per heavy atom. The summed E-state index contributed by atoms with van der Waals surface area (Å²) in [5.74, 6) is -0.139. The number of nitrogens with one attached hydrogen (secondary N) is 1. The van der Waals surface area contributed by atoms with Crippen LogP contribution in [0.4, 0.5) is 0 Å². The summed E-state index contributed by atoms with van der Waals surface area (Å²) in [5, 5.41) is 33.5. The molecule has 4 N–H and O–H groups in total. The first-order valence-corrected chi connectivity index (χ1v) is 23.3. The Bertz CT molecular complexity index is 674. The standard InChI is InChI=1S/C46H93NO4/c1-3-5-7-9-11-13-15-17-18-19-20-21-22-23-24-25-26-27-28-29-31-33-35-37-39-41-45(50)47-43(42-48)46(51)44(49)40-38-36-34-32-30-16-14-12-10-8-6-4-2/h43-44,46,48-49,51H,3-42H2,1-2H3,(H,47,50)/t43-,44+,46-/m0/s1. The van der Waals surface area contributed by atoms with Gasteiger partial charge in [-0.25, -0.2) is 0 Å². The van der Waals surface area contributed by atoms with Crippen molar-refractivity contribution < 1.29 is 20.1 Å². The van der Waals surface area contributed by atoms with Crippen molar-refractivity contribution in [2.45, 2.75) is 283 Å². The molecule has 0 unspecified atom stereocenters. The van der Waals surface area contributed by atoms with Crippen LogP contribution < -0.4 is 5.32 Å². The van der Waals surface area contributed by atoms with E-state index in [0.717, 1.165) is 32.1 Å². The minimum atomic E-state index is -1.13. The third-order valence-electron chi connectivity index (χ3n) is 11.2. The Labute approximate surface area is 319 Å². The van der Waals surface area contributed by atoms with Crippen molar-refractivity contribution in [3.63, 3.8) is 0 Å². The predicted molar refractivity (Wildman–Crippen MR) is 222 cm³/mol. The van der Waals surface area contributed by atoms with E-state index in [9.17, 15) is 20.1 Å². The first-order valence-electron chi connectivity index (χ1n) is 23.3. The van der Waals surface area contributed by atoms with Gasteiger partial charge >= 0.3 is 0 Å². The summed E-state index contributed by atoms with van der Waals surface area (Å²) < 4.78 is 0. The molecule has 0 saturated carbocycles. The summed E-state index contributed by atoms with van der Waals surface area (Å²) in [5.41, 5.74) is 0. The maximum Gasteiger partial charge on any atom is 0.220 e. The van der Waals surface area contributed by atoms with Gasteiger partial charge in [-0.1, -0.05) is 245 Å². The summed E-state index contributed by atoms with van der Waals surface area (Å²) in [6.07, 6.45) is 48.0. The van der Waals surface area contributed by atoms with E-state index in [-0.39, 0.29) is 12.5 Å². The molecule has 0 bridgehead atoms. The fraction of sp³-hybridized carbons (Fsp3) is 0.978. The van der Waals surface area contributed by atoms with E-state index in [4.69, 9.17) is 0 Å². The van der Waals surface area contributed by atoms with Crippen molar-refractivity contribution in [2.24, 2.45) is 0 Å². The quantitative estimate of drug-likeness (QED) is 0.0472. The van der Waals surface area contributed by atoms with E-state index in [1.54, 1.807) is 0 Å². The number of rotatable bonds is 43. The van der Waals surface area contributed by atoms with E-state index < -0.39 is 18.2 Å². The second-order valence-corrected chi connectivity index (χ2v) is 16.3. The van der Waals surface area contributed by atoms with Gasteiger partial charge in [0.2, 0.25) is 5.91 Å². The average Bonchev–Trinajstić information content (AvgIpc) is 3.13. The van der Waals surface area contributed by atoms with Crippen LogP contribution in [0, 0.1) is 0 Å². The Kier molecular flexibility index (Phi) is 41.6. The van der Waals surface area contributed by atoms with Crippen LogP contribution in [-0.4, -0.2) is 46.1 Å². The van der Waals surface area contributed by atoms with Crippen LogP contribution in [0.1, 0.15) is 264 Å². The molecule has 0 saturated heterocycles. The molecule has 0 fully saturated rings. The van der Waals surface area contributed by atoms with Gasteiger partial charge in [0.1, 0.15) is 6.10 Å². The van der Waals surface area contributed by atoms with Crippen molar-refractivity contribution in [3.05, 3.63) is 0 Å². The van der Waals surface area contributed by atoms with Crippen LogP contribution in [0.15, 0.2) is 0 Å². The molecule has 1 amide bonds. The van der Waals surface area contributed by atoms with E-state index >= 15 is 0 Å². The Hall–Kier alpha value is -0.650. The zero-order chi connectivity index (χ0) is 37.3. The first kappa shape index (κ1) is 50.4. The molecule has 306 valence electrons. The van der Waals surface area contributed by atoms with E-state index in [0.29, 0.717) is 12.8 Å². The van der Waals surface area contributed by atoms with E-state index in [1.807, 2.05) is 0 Å². The highest BCUT2D eigenvalue weighted by Gasteiger charge is 2.26. The van der Waals surface area contributed by atoms with Crippen LogP contribution in [0.5, 0.6) is 0 Å². The van der Waals surface area contributed by atoms with Crippen LogP contribution in [0.25, 0.3) is 0 Å². The van der Waals surface area contributed by atoms with Gasteiger partial charge in [-0.15, -0.1) is 0 Å². The summed E-state index contributed by atoms with van der Waals surface area (Å²) in [6, 6.07) is -0.802. The van der Waals surface area contributed by atoms with Crippen LogP contribution >= 0.6 is 0 Å². The van der Waals surface area contributed by atoms with Gasteiger partial charge in [-0.2, -0.15) is 0 Å². The van der Waals surface area contributed by atoms with Gasteiger partial charge in [0.15, 0.2) is 0 Å². The molecule has 0 heterocycles. The lowest BCUT2D eigenvalue weighted by molar-refractivity contribution is -0.124. The Morgan fingerprint density at radius 3 is 0.941 bits per heavy atom. The van der Waals surface area contributed by atoms with Crippen LogP contribution in [-0.2, 0) is 4.79 Å². The summed E-state index contributed by atoms with van der Waals surface area (Å²) in [6.45, 7) is 4.19. The Balaban J connectivity index is 3.50. The molecule has 0 aliphatic rings. The van der Waals surface area contributed by atoms with Crippen LogP contribution in [0.3, 0.4) is 0 Å². The lowest BCUT2D eigenvalue weighted by Gasteiger charge is -2.26. The molecule has 0 aromatic rings. The lowest BCUT2D eigenvalue weighted by Crippen LogP contribution is -2.50. The van der Waals surface area contributed by atoms with E-state index in [1.165, 1.54) is 205 Å². The number of unbranched alkanes of at least 4 members (excludes halogenated alkanes) is 35. The molecule has 0 aliphatic heterocycles. The molecular formula is C46H93NO4. The topological polar surface area (TPSA) is 89.8 Å². The SMILES string of the molecule is CCCCCCCCCCCCCCCCCCCCCCCCCCCC(=O)N[C@@H](CO)[C@H](O)[C@H](O)CCCCCCCCCCCCCC. The largest absolute Gasteiger partial charge is 0.394 e. The summed E-state index contributed by atoms with van der Waals surface area (Å²) in [7, 11) is 0. The van der Waals surface area contributed by atoms with Gasteiger partial charge in [-0.3, -0.25) is 4.79 Å². The third kappa shape index (κ3) is 37.5. The zero-order valence-electron chi connectivity index (χ0n) is 34.8. The van der Waals surface area contributed by atoms with Crippen molar-refractivity contribution in [1.82, 2.24) is 5.32 Å². The number of aliphatic hydroxyl groups is 3. The molecule has 0 aromatic carbocycles. The third-order valence-corrected chi connectivity index (χ3v) is 11.2. The molecule has 5 heteroatoms. The molecule has 0 radical (unpaired) electrons. The highest BCUT2D eigenvalue weighted by atomic mass is 16.3. The number of amides is 1. The fourth-order valence-electron chi connectivity index (χ4n) is 7.58. The normalized spacial score (nSPS) is 13.4. The van der Waals surface area contributed by atoms with Crippen molar-refractivity contribution in [2.75, 3.05) is 6.61 Å². The molecule has 0 aliphatic carbocycles. The zero-order valence-corrected chi connectivity index (χ0v) is 34.8. The van der Waals surface area contributed by atoms with Gasteiger partial charge in [0.25, 0.3) is 0 Å². The first-order chi connectivity index (χ1) is 25.1. The number of hydrogen-bond donors (Lipinski definition) is 4. The number of hydrogen-bond acceptors (Lipinski definition) is 4. The molecule has 0 aromatic heterocycles. The molecule has 3 atom stereocenters. The summed E-state index contributed by atoms with van der Waals surface area (Å²) >= 11 is 0. The summed E-state index contributed by atoms with van der Waals surface area (Å²) in [4.78, 5) is 12.4. The molecule has 5 nitrogen and oxygen atoms in total. The average molecular weight is 724 g/mol. The van der Waals surface area contributed by atoms with Crippen LogP contribution in [0.2, 0.25) is 0 Å². The van der Waals surface area contributed by atoms with Gasteiger partial charge < -0.3 is 20.6 Å². The maximum absolute atomic E-state index is 12.4. The van der Waals surface area contributed by atoms with E-state index in [2.05, 4.69) is 19.2 Å². The highest BCUT2D eigenvalue weighted by molar-refractivity contribution is 5.76.